The van der Waals surface area contributed by atoms with Crippen LogP contribution in [0.3, 0.4) is 0 Å². The first-order chi connectivity index (χ1) is 14.7. The summed E-state index contributed by atoms with van der Waals surface area (Å²) in [5.41, 5.74) is 1.72. The van der Waals surface area contributed by atoms with E-state index < -0.39 is 0 Å². The van der Waals surface area contributed by atoms with E-state index in [1.54, 1.807) is 15.6 Å². The number of amides is 1. The van der Waals surface area contributed by atoms with Crippen LogP contribution in [0.4, 0.5) is 0 Å². The molecule has 0 radical (unpaired) electrons. The van der Waals surface area contributed by atoms with Crippen molar-refractivity contribution < 1.29 is 9.32 Å². The summed E-state index contributed by atoms with van der Waals surface area (Å²) < 4.78 is 7.08. The maximum atomic E-state index is 13.4. The monoisotopic (exact) mass is 403 g/mol. The number of hydrogen-bond donors (Lipinski definition) is 0. The molecule has 0 unspecified atom stereocenters. The number of aromatic nitrogens is 6. The molecular weight excluding hydrogens is 382 g/mol. The van der Waals surface area contributed by atoms with Crippen molar-refractivity contribution in [3.8, 4) is 11.5 Å². The van der Waals surface area contributed by atoms with Crippen LogP contribution < -0.4 is 0 Å². The number of benzene rings is 1. The highest BCUT2D eigenvalue weighted by molar-refractivity contribution is 5.91. The third-order valence-electron chi connectivity index (χ3n) is 5.40. The third-order valence-corrected chi connectivity index (χ3v) is 5.40. The van der Waals surface area contributed by atoms with Crippen LogP contribution in [0.5, 0.6) is 0 Å². The van der Waals surface area contributed by atoms with Gasteiger partial charge in [-0.1, -0.05) is 36.2 Å². The minimum Gasteiger partial charge on any atom is -0.334 e. The van der Waals surface area contributed by atoms with E-state index in [1.807, 2.05) is 43.3 Å². The van der Waals surface area contributed by atoms with Crippen LogP contribution in [0.25, 0.3) is 17.2 Å². The number of likely N-dealkylation sites (tertiary alicyclic amines) is 1. The van der Waals surface area contributed by atoms with Crippen molar-refractivity contribution in [3.05, 3.63) is 59.9 Å². The molecular formula is C21H21N7O2. The number of rotatable bonds is 3. The minimum absolute atomic E-state index is 0.135. The Hall–Kier alpha value is -3.62. The molecule has 30 heavy (non-hydrogen) atoms. The van der Waals surface area contributed by atoms with Gasteiger partial charge in [0, 0.05) is 24.0 Å². The van der Waals surface area contributed by atoms with Gasteiger partial charge < -0.3 is 9.42 Å². The summed E-state index contributed by atoms with van der Waals surface area (Å²) in [7, 11) is 0. The van der Waals surface area contributed by atoms with Crippen molar-refractivity contribution in [1.82, 2.24) is 34.6 Å². The van der Waals surface area contributed by atoms with Crippen molar-refractivity contribution in [2.45, 2.75) is 38.6 Å². The average Bonchev–Trinajstić information content (AvgIpc) is 3.37. The van der Waals surface area contributed by atoms with Gasteiger partial charge in [-0.3, -0.25) is 4.79 Å². The Bertz CT molecular complexity index is 1180. The summed E-state index contributed by atoms with van der Waals surface area (Å²) in [6.07, 6.45) is 5.37. The molecule has 4 aromatic rings. The predicted octanol–water partition coefficient (Wildman–Crippen LogP) is 3.24. The van der Waals surface area contributed by atoms with Crippen LogP contribution in [0, 0.1) is 6.92 Å². The average molecular weight is 403 g/mol. The highest BCUT2D eigenvalue weighted by Gasteiger charge is 2.33. The van der Waals surface area contributed by atoms with Crippen molar-refractivity contribution in [1.29, 1.82) is 0 Å². The zero-order chi connectivity index (χ0) is 20.5. The van der Waals surface area contributed by atoms with Crippen LogP contribution in [0.1, 0.15) is 53.9 Å². The Labute approximate surface area is 172 Å². The summed E-state index contributed by atoms with van der Waals surface area (Å²) in [6.45, 7) is 2.50. The first-order valence-electron chi connectivity index (χ1n) is 10.1. The molecule has 5 rings (SSSR count). The van der Waals surface area contributed by atoms with Crippen LogP contribution in [-0.4, -0.2) is 47.1 Å². The van der Waals surface area contributed by atoms with E-state index in [-0.39, 0.29) is 17.8 Å². The van der Waals surface area contributed by atoms with Gasteiger partial charge in [0.1, 0.15) is 0 Å². The summed E-state index contributed by atoms with van der Waals surface area (Å²) in [5, 5.41) is 8.59. The second-order valence-electron chi connectivity index (χ2n) is 7.42. The Morgan fingerprint density at radius 1 is 1.10 bits per heavy atom. The summed E-state index contributed by atoms with van der Waals surface area (Å²) in [6, 6.07) is 11.2. The molecule has 1 atom stereocenters. The Morgan fingerprint density at radius 2 is 1.97 bits per heavy atom. The Kier molecular flexibility index (Phi) is 4.70. The molecule has 0 N–H and O–H groups in total. The molecule has 3 aromatic heterocycles. The molecule has 9 nitrogen and oxygen atoms in total. The van der Waals surface area contributed by atoms with E-state index in [9.17, 15) is 4.79 Å². The molecule has 0 saturated carbocycles. The molecule has 4 heterocycles. The number of aryl methyl sites for hydroxylation is 1. The molecule has 1 amide bonds. The van der Waals surface area contributed by atoms with E-state index in [4.69, 9.17) is 4.52 Å². The van der Waals surface area contributed by atoms with Gasteiger partial charge in [0.25, 0.3) is 17.6 Å². The van der Waals surface area contributed by atoms with Crippen molar-refractivity contribution >= 4 is 11.7 Å². The van der Waals surface area contributed by atoms with Crippen LogP contribution in [0.15, 0.2) is 47.1 Å². The standard InChI is InChI=1S/C21H21N7O2/c1-14-11-12-22-21-24-18(25-28(14)21)20(29)27-13-7-3-6-10-16(27)17-23-19(30-26-17)15-8-4-2-5-9-15/h2,4-5,8-9,11-12,16H,3,6-7,10,13H2,1H3/t16-/m1/s1. The van der Waals surface area contributed by atoms with Gasteiger partial charge in [0.05, 0.1) is 6.04 Å². The van der Waals surface area contributed by atoms with E-state index in [0.717, 1.165) is 36.9 Å². The smallest absolute Gasteiger partial charge is 0.294 e. The largest absolute Gasteiger partial charge is 0.334 e. The number of carbonyl (C=O) groups is 1. The zero-order valence-electron chi connectivity index (χ0n) is 16.6. The molecule has 1 fully saturated rings. The fraction of sp³-hybridized carbons (Fsp3) is 0.333. The normalized spacial score (nSPS) is 17.2. The van der Waals surface area contributed by atoms with Crippen molar-refractivity contribution in [2.24, 2.45) is 0 Å². The fourth-order valence-electron chi connectivity index (χ4n) is 3.81. The van der Waals surface area contributed by atoms with Gasteiger partial charge in [-0.2, -0.15) is 9.97 Å². The van der Waals surface area contributed by atoms with Gasteiger partial charge in [-0.15, -0.1) is 5.10 Å². The lowest BCUT2D eigenvalue weighted by Crippen LogP contribution is -2.36. The van der Waals surface area contributed by atoms with Gasteiger partial charge >= 0.3 is 0 Å². The molecule has 9 heteroatoms. The van der Waals surface area contributed by atoms with Crippen molar-refractivity contribution in [2.75, 3.05) is 6.54 Å². The quantitative estimate of drug-likeness (QED) is 0.517. The molecule has 0 spiro atoms. The third kappa shape index (κ3) is 3.32. The molecule has 152 valence electrons. The van der Waals surface area contributed by atoms with Crippen LogP contribution >= 0.6 is 0 Å². The first-order valence-corrected chi connectivity index (χ1v) is 10.1. The summed E-state index contributed by atoms with van der Waals surface area (Å²) >= 11 is 0. The van der Waals surface area contributed by atoms with Gasteiger partial charge in [0.15, 0.2) is 5.82 Å². The predicted molar refractivity (Wildman–Crippen MR) is 107 cm³/mol. The Morgan fingerprint density at radius 3 is 2.80 bits per heavy atom. The second-order valence-corrected chi connectivity index (χ2v) is 7.42. The molecule has 1 aliphatic heterocycles. The van der Waals surface area contributed by atoms with Gasteiger partial charge in [0.2, 0.25) is 5.82 Å². The van der Waals surface area contributed by atoms with Crippen LogP contribution in [-0.2, 0) is 0 Å². The first kappa shape index (κ1) is 18.4. The minimum atomic E-state index is -0.276. The molecule has 0 aliphatic carbocycles. The molecule has 0 bridgehead atoms. The number of hydrogen-bond acceptors (Lipinski definition) is 7. The topological polar surface area (TPSA) is 102 Å². The van der Waals surface area contributed by atoms with E-state index in [2.05, 4.69) is 25.2 Å². The molecule has 1 aromatic carbocycles. The van der Waals surface area contributed by atoms with Gasteiger partial charge in [-0.05, 0) is 38.0 Å². The fourth-order valence-corrected chi connectivity index (χ4v) is 3.81. The highest BCUT2D eigenvalue weighted by Crippen LogP contribution is 2.31. The SMILES string of the molecule is Cc1ccnc2nc(C(=O)N3CCCCC[C@@H]3c3noc(-c4ccccc4)n3)nn12. The maximum Gasteiger partial charge on any atom is 0.294 e. The van der Waals surface area contributed by atoms with Crippen LogP contribution in [0.2, 0.25) is 0 Å². The lowest BCUT2D eigenvalue weighted by Gasteiger charge is -2.26. The molecule has 1 saturated heterocycles. The number of fused-ring (bicyclic) bond motifs is 1. The van der Waals surface area contributed by atoms with E-state index in [1.165, 1.54) is 0 Å². The van der Waals surface area contributed by atoms with E-state index in [0.29, 0.717) is 24.0 Å². The lowest BCUT2D eigenvalue weighted by molar-refractivity contribution is 0.0658. The second kappa shape index (κ2) is 7.66. The number of nitrogens with zero attached hydrogens (tertiary/aromatic N) is 7. The molecule has 1 aliphatic rings. The maximum absolute atomic E-state index is 13.4. The highest BCUT2D eigenvalue weighted by atomic mass is 16.5. The van der Waals surface area contributed by atoms with Crippen molar-refractivity contribution in [3.63, 3.8) is 0 Å². The van der Waals surface area contributed by atoms with E-state index >= 15 is 0 Å². The lowest BCUT2D eigenvalue weighted by atomic mass is 10.1. The Balaban J connectivity index is 1.48. The summed E-state index contributed by atoms with van der Waals surface area (Å²) in [4.78, 5) is 28.3. The summed E-state index contributed by atoms with van der Waals surface area (Å²) in [5.74, 6) is 1.28. The zero-order valence-corrected chi connectivity index (χ0v) is 16.6. The number of carbonyl (C=O) groups excluding carboxylic acids is 1. The van der Waals surface area contributed by atoms with Gasteiger partial charge in [-0.25, -0.2) is 9.50 Å².